The van der Waals surface area contributed by atoms with Crippen molar-refractivity contribution in [2.24, 2.45) is 5.92 Å². The lowest BCUT2D eigenvalue weighted by atomic mass is 10.2. The summed E-state index contributed by atoms with van der Waals surface area (Å²) in [5.41, 5.74) is 0. The average Bonchev–Trinajstić information content (AvgIpc) is 2.87. The van der Waals surface area contributed by atoms with Crippen molar-refractivity contribution in [1.82, 2.24) is 9.36 Å². The third kappa shape index (κ3) is 2.23. The molecule has 0 aromatic carbocycles. The van der Waals surface area contributed by atoms with Crippen LogP contribution in [0.3, 0.4) is 0 Å². The van der Waals surface area contributed by atoms with Gasteiger partial charge < -0.3 is 5.32 Å². The van der Waals surface area contributed by atoms with Gasteiger partial charge in [-0.3, -0.25) is 0 Å². The van der Waals surface area contributed by atoms with Crippen LogP contribution < -0.4 is 5.32 Å². The summed E-state index contributed by atoms with van der Waals surface area (Å²) in [6.45, 7) is 6.47. The predicted molar refractivity (Wildman–Crippen MR) is 59.8 cm³/mol. The minimum absolute atomic E-state index is 0.429. The van der Waals surface area contributed by atoms with Crippen LogP contribution >= 0.6 is 11.5 Å². The molecule has 4 heteroatoms. The summed E-state index contributed by atoms with van der Waals surface area (Å²) < 4.78 is 4.32. The van der Waals surface area contributed by atoms with Gasteiger partial charge in [0.1, 0.15) is 5.82 Å². The minimum Gasteiger partial charge on any atom is -0.358 e. The lowest BCUT2D eigenvalue weighted by Gasteiger charge is -2.09. The van der Waals surface area contributed by atoms with Crippen LogP contribution in [-0.4, -0.2) is 15.4 Å². The summed E-state index contributed by atoms with van der Waals surface area (Å²) in [5, 5.41) is 4.40. The highest BCUT2D eigenvalue weighted by molar-refractivity contribution is 7.09. The van der Waals surface area contributed by atoms with Crippen molar-refractivity contribution in [1.29, 1.82) is 0 Å². The third-order valence-electron chi connectivity index (χ3n) is 2.64. The molecule has 14 heavy (non-hydrogen) atoms. The molecule has 2 rings (SSSR count). The maximum atomic E-state index is 4.46. The minimum atomic E-state index is 0.429. The molecule has 1 unspecified atom stereocenters. The molecule has 1 aliphatic carbocycles. The molecule has 1 saturated carbocycles. The Labute approximate surface area is 89.1 Å². The molecule has 1 atom stereocenters. The second-order valence-electron chi connectivity index (χ2n) is 4.38. The van der Waals surface area contributed by atoms with Crippen LogP contribution in [0.25, 0.3) is 0 Å². The average molecular weight is 211 g/mol. The second kappa shape index (κ2) is 3.85. The fraction of sp³-hybridized carbons (Fsp3) is 0.800. The molecule has 1 heterocycles. The standard InChI is InChI=1S/C10H17N3S/c1-6(2)9-12-10(14-13-9)11-7(3)8-4-5-8/h6-8H,4-5H2,1-3H3,(H,11,12,13). The van der Waals surface area contributed by atoms with Gasteiger partial charge >= 0.3 is 0 Å². The molecule has 1 aromatic rings. The van der Waals surface area contributed by atoms with E-state index in [1.807, 2.05) is 0 Å². The summed E-state index contributed by atoms with van der Waals surface area (Å²) >= 11 is 1.48. The van der Waals surface area contributed by atoms with Gasteiger partial charge in [0, 0.05) is 23.5 Å². The zero-order valence-electron chi connectivity index (χ0n) is 8.95. The Morgan fingerprint density at radius 3 is 2.57 bits per heavy atom. The van der Waals surface area contributed by atoms with Gasteiger partial charge in [-0.2, -0.15) is 4.37 Å². The van der Waals surface area contributed by atoms with Crippen molar-refractivity contribution in [3.05, 3.63) is 5.82 Å². The molecule has 1 fully saturated rings. The summed E-state index contributed by atoms with van der Waals surface area (Å²) in [4.78, 5) is 4.46. The van der Waals surface area contributed by atoms with E-state index in [1.54, 1.807) is 0 Å². The lowest BCUT2D eigenvalue weighted by Crippen LogP contribution is -2.16. The Bertz CT molecular complexity index is 304. The highest BCUT2D eigenvalue weighted by Gasteiger charge is 2.28. The van der Waals surface area contributed by atoms with Crippen molar-refractivity contribution in [2.45, 2.75) is 45.6 Å². The molecular weight excluding hydrogens is 194 g/mol. The Balaban J connectivity index is 1.95. The molecule has 0 aliphatic heterocycles. The third-order valence-corrected chi connectivity index (χ3v) is 3.30. The van der Waals surface area contributed by atoms with Gasteiger partial charge in [-0.25, -0.2) is 4.98 Å². The first kappa shape index (κ1) is 9.90. The fourth-order valence-corrected chi connectivity index (χ4v) is 2.24. The first-order valence-corrected chi connectivity index (χ1v) is 6.04. The first-order chi connectivity index (χ1) is 6.66. The smallest absolute Gasteiger partial charge is 0.202 e. The molecule has 0 amide bonds. The number of aromatic nitrogens is 2. The summed E-state index contributed by atoms with van der Waals surface area (Å²) in [5.74, 6) is 2.25. The van der Waals surface area contributed by atoms with Gasteiger partial charge in [0.05, 0.1) is 0 Å². The lowest BCUT2D eigenvalue weighted by molar-refractivity contribution is 0.691. The van der Waals surface area contributed by atoms with E-state index >= 15 is 0 Å². The number of hydrogen-bond donors (Lipinski definition) is 1. The normalized spacial score (nSPS) is 18.6. The van der Waals surface area contributed by atoms with Crippen molar-refractivity contribution in [2.75, 3.05) is 5.32 Å². The maximum Gasteiger partial charge on any atom is 0.202 e. The van der Waals surface area contributed by atoms with Gasteiger partial charge in [-0.15, -0.1) is 0 Å². The molecule has 0 spiro atoms. The van der Waals surface area contributed by atoms with Gasteiger partial charge in [-0.05, 0) is 25.7 Å². The van der Waals surface area contributed by atoms with Crippen LogP contribution in [0.2, 0.25) is 0 Å². The van der Waals surface area contributed by atoms with Gasteiger partial charge in [-0.1, -0.05) is 13.8 Å². The van der Waals surface area contributed by atoms with Gasteiger partial charge in [0.2, 0.25) is 5.13 Å². The summed E-state index contributed by atoms with van der Waals surface area (Å²) in [6, 6.07) is 0.558. The van der Waals surface area contributed by atoms with Gasteiger partial charge in [0.15, 0.2) is 0 Å². The highest BCUT2D eigenvalue weighted by Crippen LogP contribution is 2.34. The molecule has 78 valence electrons. The SMILES string of the molecule is CC(C)c1nsc(NC(C)C2CC2)n1. The number of nitrogens with one attached hydrogen (secondary N) is 1. The van der Waals surface area contributed by atoms with Crippen molar-refractivity contribution < 1.29 is 0 Å². The number of rotatable bonds is 4. The zero-order valence-corrected chi connectivity index (χ0v) is 9.77. The van der Waals surface area contributed by atoms with E-state index in [9.17, 15) is 0 Å². The van der Waals surface area contributed by atoms with Crippen molar-refractivity contribution >= 4 is 16.7 Å². The Morgan fingerprint density at radius 1 is 1.36 bits per heavy atom. The fourth-order valence-electron chi connectivity index (χ4n) is 1.44. The predicted octanol–water partition coefficient (Wildman–Crippen LogP) is 2.87. The molecule has 1 N–H and O–H groups in total. The molecule has 1 aromatic heterocycles. The zero-order chi connectivity index (χ0) is 10.1. The van der Waals surface area contributed by atoms with E-state index in [0.29, 0.717) is 12.0 Å². The van der Waals surface area contributed by atoms with Crippen LogP contribution in [0.15, 0.2) is 0 Å². The molecule has 1 aliphatic rings. The second-order valence-corrected chi connectivity index (χ2v) is 5.13. The topological polar surface area (TPSA) is 37.8 Å². The molecular formula is C10H17N3S. The number of anilines is 1. The maximum absolute atomic E-state index is 4.46. The monoisotopic (exact) mass is 211 g/mol. The first-order valence-electron chi connectivity index (χ1n) is 5.27. The van der Waals surface area contributed by atoms with Crippen LogP contribution in [0.4, 0.5) is 5.13 Å². The van der Waals surface area contributed by atoms with Crippen LogP contribution in [0.5, 0.6) is 0 Å². The highest BCUT2D eigenvalue weighted by atomic mass is 32.1. The van der Waals surface area contributed by atoms with Gasteiger partial charge in [0.25, 0.3) is 0 Å². The Kier molecular flexibility index (Phi) is 2.72. The van der Waals surface area contributed by atoms with E-state index in [1.165, 1.54) is 24.4 Å². The molecule has 0 bridgehead atoms. The van der Waals surface area contributed by atoms with Crippen LogP contribution in [0.1, 0.15) is 45.4 Å². The number of hydrogen-bond acceptors (Lipinski definition) is 4. The van der Waals surface area contributed by atoms with E-state index in [2.05, 4.69) is 35.4 Å². The van der Waals surface area contributed by atoms with Crippen molar-refractivity contribution in [3.8, 4) is 0 Å². The Hall–Kier alpha value is -0.640. The summed E-state index contributed by atoms with van der Waals surface area (Å²) in [7, 11) is 0. The largest absolute Gasteiger partial charge is 0.358 e. The summed E-state index contributed by atoms with van der Waals surface area (Å²) in [6.07, 6.45) is 2.73. The number of nitrogens with zero attached hydrogens (tertiary/aromatic N) is 2. The van der Waals surface area contributed by atoms with E-state index < -0.39 is 0 Å². The molecule has 0 saturated heterocycles. The quantitative estimate of drug-likeness (QED) is 0.832. The van der Waals surface area contributed by atoms with Crippen LogP contribution in [0, 0.1) is 5.92 Å². The van der Waals surface area contributed by atoms with Crippen molar-refractivity contribution in [3.63, 3.8) is 0 Å². The molecule has 0 radical (unpaired) electrons. The van der Waals surface area contributed by atoms with E-state index in [0.717, 1.165) is 16.9 Å². The molecule has 3 nitrogen and oxygen atoms in total. The van der Waals surface area contributed by atoms with E-state index in [4.69, 9.17) is 0 Å². The Morgan fingerprint density at radius 2 is 2.07 bits per heavy atom. The van der Waals surface area contributed by atoms with E-state index in [-0.39, 0.29) is 0 Å². The van der Waals surface area contributed by atoms with Crippen LogP contribution in [-0.2, 0) is 0 Å².